The number of amidine groups is 1. The van der Waals surface area contributed by atoms with E-state index in [0.717, 1.165) is 36.5 Å². The van der Waals surface area contributed by atoms with Gasteiger partial charge in [0.2, 0.25) is 5.96 Å². The molecule has 0 aromatic heterocycles. The van der Waals surface area contributed by atoms with E-state index >= 15 is 0 Å². The third-order valence-electron chi connectivity index (χ3n) is 6.72. The Hall–Kier alpha value is -3.13. The summed E-state index contributed by atoms with van der Waals surface area (Å²) in [5.41, 5.74) is 4.04. The maximum absolute atomic E-state index is 13.4. The average molecular weight is 448 g/mol. The fourth-order valence-electron chi connectivity index (χ4n) is 4.99. The van der Waals surface area contributed by atoms with Crippen molar-refractivity contribution in [3.8, 4) is 0 Å². The highest BCUT2D eigenvalue weighted by Crippen LogP contribution is 2.39. The van der Waals surface area contributed by atoms with Crippen LogP contribution in [0.2, 0.25) is 0 Å². The molecule has 5 rings (SSSR count). The van der Waals surface area contributed by atoms with Crippen LogP contribution >= 0.6 is 0 Å². The van der Waals surface area contributed by atoms with E-state index in [1.54, 1.807) is 0 Å². The van der Waals surface area contributed by atoms with E-state index in [2.05, 4.69) is 35.9 Å². The molecule has 1 atom stereocenters. The van der Waals surface area contributed by atoms with Crippen LogP contribution < -0.4 is 4.90 Å². The van der Waals surface area contributed by atoms with Crippen molar-refractivity contribution in [2.75, 3.05) is 44.3 Å². The molecule has 0 radical (unpaired) electrons. The molecule has 1 aromatic carbocycles. The average Bonchev–Trinajstić information content (AvgIpc) is 2.85. The molecule has 1 unspecified atom stereocenters. The van der Waals surface area contributed by atoms with E-state index in [9.17, 15) is 9.59 Å². The molecule has 0 spiro atoms. The first-order chi connectivity index (χ1) is 16.1. The summed E-state index contributed by atoms with van der Waals surface area (Å²) in [6, 6.07) is 8.13. The zero-order valence-electron chi connectivity index (χ0n) is 19.2. The molecule has 0 N–H and O–H groups in total. The van der Waals surface area contributed by atoms with E-state index in [0.29, 0.717) is 62.1 Å². The second kappa shape index (κ2) is 9.02. The van der Waals surface area contributed by atoms with Gasteiger partial charge in [0.1, 0.15) is 11.8 Å². The van der Waals surface area contributed by atoms with Gasteiger partial charge in [0.25, 0.3) is 5.91 Å². The van der Waals surface area contributed by atoms with Gasteiger partial charge in [-0.05, 0) is 50.0 Å². The number of morpholine rings is 1. The Morgan fingerprint density at radius 3 is 2.42 bits per heavy atom. The number of dihydropyridines is 1. The van der Waals surface area contributed by atoms with E-state index in [1.807, 2.05) is 17.0 Å². The van der Waals surface area contributed by atoms with Crippen LogP contribution in [-0.4, -0.2) is 73.5 Å². The van der Waals surface area contributed by atoms with E-state index < -0.39 is 5.92 Å². The van der Waals surface area contributed by atoms with Crippen molar-refractivity contribution in [1.82, 2.24) is 4.90 Å². The van der Waals surface area contributed by atoms with Crippen molar-refractivity contribution in [2.24, 2.45) is 20.9 Å². The molecule has 1 amide bonds. The lowest BCUT2D eigenvalue weighted by atomic mass is 9.77. The number of carbonyl (C=O) groups is 2. The van der Waals surface area contributed by atoms with E-state index in [1.165, 1.54) is 0 Å². The summed E-state index contributed by atoms with van der Waals surface area (Å²) >= 11 is 0. The summed E-state index contributed by atoms with van der Waals surface area (Å²) in [4.78, 5) is 44.4. The van der Waals surface area contributed by atoms with Gasteiger partial charge in [-0.25, -0.2) is 4.99 Å². The summed E-state index contributed by atoms with van der Waals surface area (Å²) in [5, 5.41) is 0. The number of anilines is 1. The Bertz CT molecular complexity index is 1090. The van der Waals surface area contributed by atoms with Gasteiger partial charge in [0, 0.05) is 43.9 Å². The highest BCUT2D eigenvalue weighted by atomic mass is 16.5. The van der Waals surface area contributed by atoms with E-state index in [4.69, 9.17) is 14.7 Å². The standard InChI is InChI=1S/C25H29N5O3/c1-3-29(4-2)17-10-8-16(9-11-17)20-21-18(6-5-7-19(21)31)26-23-22(20)24(32)28-25(27-23)30-12-14-33-15-13-30/h8-11,22H,3-7,12-15H2,1-2H3. The van der Waals surface area contributed by atoms with Gasteiger partial charge >= 0.3 is 0 Å². The smallest absolute Gasteiger partial charge is 0.264 e. The van der Waals surface area contributed by atoms with E-state index in [-0.39, 0.29) is 11.7 Å². The lowest BCUT2D eigenvalue weighted by molar-refractivity contribution is -0.118. The largest absolute Gasteiger partial charge is 0.378 e. The predicted molar refractivity (Wildman–Crippen MR) is 129 cm³/mol. The first-order valence-corrected chi connectivity index (χ1v) is 11.8. The van der Waals surface area contributed by atoms with Gasteiger partial charge in [-0.15, -0.1) is 0 Å². The summed E-state index contributed by atoms with van der Waals surface area (Å²) in [6.45, 7) is 8.52. The molecule has 4 aliphatic rings. The normalized spacial score (nSPS) is 22.9. The molecule has 172 valence electrons. The molecule has 1 aromatic rings. The van der Waals surface area contributed by atoms with Crippen LogP contribution in [0.1, 0.15) is 38.7 Å². The van der Waals surface area contributed by atoms with Crippen LogP contribution in [0, 0.1) is 5.92 Å². The first-order valence-electron chi connectivity index (χ1n) is 11.8. The maximum atomic E-state index is 13.4. The minimum atomic E-state index is -0.741. The number of ketones is 1. The van der Waals surface area contributed by atoms with Crippen LogP contribution in [-0.2, 0) is 14.3 Å². The molecule has 1 saturated carbocycles. The molecule has 1 aliphatic carbocycles. The second-order valence-corrected chi connectivity index (χ2v) is 8.60. The number of aliphatic imine (C=N–C) groups is 3. The number of benzene rings is 1. The number of rotatable bonds is 4. The summed E-state index contributed by atoms with van der Waals surface area (Å²) < 4.78 is 5.42. The molecule has 3 heterocycles. The molecule has 1 saturated heterocycles. The number of hydrogen-bond donors (Lipinski definition) is 0. The highest BCUT2D eigenvalue weighted by molar-refractivity contribution is 6.37. The van der Waals surface area contributed by atoms with Crippen LogP contribution in [0.4, 0.5) is 5.69 Å². The Kier molecular flexibility index (Phi) is 5.93. The minimum absolute atomic E-state index is 0.0534. The van der Waals surface area contributed by atoms with Gasteiger partial charge in [-0.2, -0.15) is 9.98 Å². The number of hydrogen-bond acceptors (Lipinski definition) is 7. The summed E-state index contributed by atoms with van der Waals surface area (Å²) in [6.07, 6.45) is 1.96. The molecule has 8 heteroatoms. The number of carbonyl (C=O) groups excluding carboxylic acids is 2. The first kappa shape index (κ1) is 21.7. The molecular formula is C25H29N5O3. The molecule has 3 aliphatic heterocycles. The van der Waals surface area contributed by atoms with Crippen molar-refractivity contribution in [2.45, 2.75) is 33.1 Å². The third kappa shape index (κ3) is 3.93. The SMILES string of the molecule is CCN(CC)c1ccc(C2=C3C(=O)CCCC3=NC3=NC(N4CCOCC4)=NC(=O)C32)cc1. The van der Waals surface area contributed by atoms with Crippen LogP contribution in [0.3, 0.4) is 0 Å². The van der Waals surface area contributed by atoms with Gasteiger partial charge in [-0.1, -0.05) is 12.1 Å². The Labute approximate surface area is 193 Å². The molecular weight excluding hydrogens is 418 g/mol. The molecule has 0 bridgehead atoms. The Morgan fingerprint density at radius 1 is 1.00 bits per heavy atom. The van der Waals surface area contributed by atoms with Crippen molar-refractivity contribution in [1.29, 1.82) is 0 Å². The topological polar surface area (TPSA) is 86.9 Å². The molecule has 33 heavy (non-hydrogen) atoms. The number of guanidine groups is 1. The number of amides is 1. The number of Topliss-reactive ketones (excluding diaryl/α,β-unsaturated/α-hetero) is 1. The highest BCUT2D eigenvalue weighted by Gasteiger charge is 2.42. The van der Waals surface area contributed by atoms with Crippen LogP contribution in [0.15, 0.2) is 44.8 Å². The Balaban J connectivity index is 1.58. The minimum Gasteiger partial charge on any atom is -0.378 e. The van der Waals surface area contributed by atoms with Crippen LogP contribution in [0.5, 0.6) is 0 Å². The van der Waals surface area contributed by atoms with Crippen LogP contribution in [0.25, 0.3) is 5.57 Å². The Morgan fingerprint density at radius 2 is 1.73 bits per heavy atom. The van der Waals surface area contributed by atoms with Crippen molar-refractivity contribution < 1.29 is 14.3 Å². The zero-order chi connectivity index (χ0) is 22.9. The number of allylic oxidation sites excluding steroid dienone is 1. The third-order valence-corrected chi connectivity index (χ3v) is 6.72. The molecule has 2 fully saturated rings. The monoisotopic (exact) mass is 447 g/mol. The number of fused-ring (bicyclic) bond motifs is 2. The summed E-state index contributed by atoms with van der Waals surface area (Å²) in [7, 11) is 0. The zero-order valence-corrected chi connectivity index (χ0v) is 19.2. The van der Waals surface area contributed by atoms with Gasteiger partial charge in [-0.3, -0.25) is 9.59 Å². The second-order valence-electron chi connectivity index (χ2n) is 8.60. The lowest BCUT2D eigenvalue weighted by Crippen LogP contribution is -2.44. The van der Waals surface area contributed by atoms with Gasteiger partial charge < -0.3 is 14.5 Å². The number of ether oxygens (including phenoxy) is 1. The molecule has 8 nitrogen and oxygen atoms in total. The summed E-state index contributed by atoms with van der Waals surface area (Å²) in [5.74, 6) is -0.140. The maximum Gasteiger partial charge on any atom is 0.264 e. The lowest BCUT2D eigenvalue weighted by Gasteiger charge is -2.33. The predicted octanol–water partition coefficient (Wildman–Crippen LogP) is 2.74. The van der Waals surface area contributed by atoms with Crippen molar-refractivity contribution >= 4 is 40.5 Å². The van der Waals surface area contributed by atoms with Crippen molar-refractivity contribution in [3.05, 3.63) is 35.4 Å². The number of nitrogens with zero attached hydrogens (tertiary/aromatic N) is 5. The fourth-order valence-corrected chi connectivity index (χ4v) is 4.99. The fraction of sp³-hybridized carbons (Fsp3) is 0.480. The van der Waals surface area contributed by atoms with Gasteiger partial charge in [0.05, 0.1) is 18.9 Å². The quantitative estimate of drug-likeness (QED) is 0.708. The van der Waals surface area contributed by atoms with Gasteiger partial charge in [0.15, 0.2) is 5.78 Å². The van der Waals surface area contributed by atoms with Crippen molar-refractivity contribution in [3.63, 3.8) is 0 Å².